The van der Waals surface area contributed by atoms with Gasteiger partial charge in [0.1, 0.15) is 11.5 Å². The van der Waals surface area contributed by atoms with Crippen molar-refractivity contribution < 1.29 is 14.3 Å². The van der Waals surface area contributed by atoms with Crippen LogP contribution in [0.3, 0.4) is 0 Å². The largest absolute Gasteiger partial charge is 0.454 e. The van der Waals surface area contributed by atoms with E-state index in [4.69, 9.17) is 9.47 Å². The zero-order chi connectivity index (χ0) is 23.1. The van der Waals surface area contributed by atoms with Crippen molar-refractivity contribution >= 4 is 29.1 Å². The van der Waals surface area contributed by atoms with Gasteiger partial charge in [-0.25, -0.2) is 4.98 Å². The number of anilines is 1. The number of aromatic nitrogens is 4. The molecule has 170 valence electrons. The lowest BCUT2D eigenvalue weighted by Crippen LogP contribution is -2.20. The number of amides is 1. The first-order valence-corrected chi connectivity index (χ1v) is 11.7. The van der Waals surface area contributed by atoms with Crippen molar-refractivity contribution in [2.45, 2.75) is 19.3 Å². The van der Waals surface area contributed by atoms with E-state index in [0.717, 1.165) is 41.0 Å². The third-order valence-electron chi connectivity index (χ3n) is 5.69. The lowest BCUT2D eigenvalue weighted by molar-refractivity contribution is -0.111. The fraction of sp³-hybridized carbons (Fsp3) is 0.167. The minimum absolute atomic E-state index is 0.161. The van der Waals surface area contributed by atoms with E-state index in [-0.39, 0.29) is 24.2 Å². The van der Waals surface area contributed by atoms with Crippen molar-refractivity contribution in [3.8, 4) is 28.0 Å². The zero-order valence-corrected chi connectivity index (χ0v) is 18.7. The Bertz CT molecular complexity index is 1490. The van der Waals surface area contributed by atoms with E-state index in [0.29, 0.717) is 23.0 Å². The highest BCUT2D eigenvalue weighted by atomic mass is 32.1. The molecule has 0 saturated carbocycles. The molecule has 2 aliphatic rings. The van der Waals surface area contributed by atoms with Crippen molar-refractivity contribution in [3.05, 3.63) is 75.0 Å². The summed E-state index contributed by atoms with van der Waals surface area (Å²) in [5.41, 5.74) is 2.83. The Morgan fingerprint density at radius 3 is 2.97 bits per heavy atom. The third kappa shape index (κ3) is 3.77. The Morgan fingerprint density at radius 2 is 2.09 bits per heavy atom. The van der Waals surface area contributed by atoms with Crippen LogP contribution in [0.5, 0.6) is 11.5 Å². The van der Waals surface area contributed by atoms with Gasteiger partial charge in [0, 0.05) is 17.7 Å². The summed E-state index contributed by atoms with van der Waals surface area (Å²) in [5.74, 6) is 1.67. The molecule has 1 amide bonds. The average molecular weight is 474 g/mol. The molecule has 34 heavy (non-hydrogen) atoms. The van der Waals surface area contributed by atoms with Crippen LogP contribution in [0.1, 0.15) is 23.2 Å². The Morgan fingerprint density at radius 1 is 1.18 bits per heavy atom. The van der Waals surface area contributed by atoms with E-state index in [1.165, 1.54) is 22.1 Å². The number of rotatable bonds is 5. The summed E-state index contributed by atoms with van der Waals surface area (Å²) in [6.45, 7) is 0.193. The number of H-pyrrole nitrogens is 1. The van der Waals surface area contributed by atoms with Gasteiger partial charge in [-0.1, -0.05) is 12.1 Å². The van der Waals surface area contributed by atoms with E-state index in [1.54, 1.807) is 18.2 Å². The number of fused-ring (bicyclic) bond motifs is 2. The van der Waals surface area contributed by atoms with Gasteiger partial charge in [-0.2, -0.15) is 9.78 Å². The Hall–Kier alpha value is -4.18. The number of carbonyl (C=O) groups is 1. The van der Waals surface area contributed by atoms with Gasteiger partial charge in [-0.3, -0.25) is 14.6 Å². The van der Waals surface area contributed by atoms with Crippen LogP contribution in [-0.4, -0.2) is 32.4 Å². The summed E-state index contributed by atoms with van der Waals surface area (Å²) in [6, 6.07) is 11.1. The molecule has 1 aliphatic carbocycles. The molecule has 1 aromatic carbocycles. The van der Waals surface area contributed by atoms with Crippen LogP contribution in [-0.2, 0) is 17.6 Å². The quantitative estimate of drug-likeness (QED) is 0.429. The van der Waals surface area contributed by atoms with Crippen LogP contribution in [0.2, 0.25) is 0 Å². The maximum Gasteiger partial charge on any atom is 0.255 e. The molecule has 4 heterocycles. The molecule has 1 aliphatic heterocycles. The molecule has 0 atom stereocenters. The number of benzene rings is 1. The summed E-state index contributed by atoms with van der Waals surface area (Å²) in [7, 11) is 0. The van der Waals surface area contributed by atoms with Crippen molar-refractivity contribution in [1.29, 1.82) is 0 Å². The molecule has 10 heteroatoms. The standard InChI is InChI=1S/C24H19N5O4S/c30-22(9-7-14-6-8-18-19(11-14)33-13-32-18)26-21-12-17(20-5-2-10-34-20)28-29(21)24-25-16-4-1-3-15(16)23(31)27-24/h2,5-12H,1,3-4,13H2,(H,26,30)(H,25,27,31)/b9-7-. The van der Waals surface area contributed by atoms with Gasteiger partial charge in [0.15, 0.2) is 11.5 Å². The van der Waals surface area contributed by atoms with Crippen LogP contribution >= 0.6 is 11.3 Å². The smallest absolute Gasteiger partial charge is 0.255 e. The van der Waals surface area contributed by atoms with Gasteiger partial charge in [0.05, 0.1) is 10.6 Å². The fourth-order valence-corrected chi connectivity index (χ4v) is 4.74. The summed E-state index contributed by atoms with van der Waals surface area (Å²) in [6.07, 6.45) is 5.51. The van der Waals surface area contributed by atoms with Gasteiger partial charge < -0.3 is 14.8 Å². The average Bonchev–Trinajstić information content (AvgIpc) is 3.63. The Balaban J connectivity index is 1.31. The first-order valence-electron chi connectivity index (χ1n) is 10.8. The lowest BCUT2D eigenvalue weighted by Gasteiger charge is -2.08. The topological polar surface area (TPSA) is 111 Å². The van der Waals surface area contributed by atoms with E-state index in [9.17, 15) is 9.59 Å². The number of carbonyl (C=O) groups excluding carboxylic acids is 1. The highest BCUT2D eigenvalue weighted by Gasteiger charge is 2.21. The number of nitrogens with zero attached hydrogens (tertiary/aromatic N) is 3. The Kier molecular flexibility index (Phi) is 4.99. The van der Waals surface area contributed by atoms with E-state index in [2.05, 4.69) is 20.4 Å². The number of hydrogen-bond acceptors (Lipinski definition) is 7. The third-order valence-corrected chi connectivity index (χ3v) is 6.58. The normalized spacial score (nSPS) is 14.0. The SMILES string of the molecule is O=C(/C=C\c1ccc2c(c1)OCO2)Nc1cc(-c2cccs2)nn1-c1nc2c(c(=O)[nH]1)CCC2. The number of ether oxygens (including phenoxy) is 2. The summed E-state index contributed by atoms with van der Waals surface area (Å²) >= 11 is 1.54. The molecule has 9 nitrogen and oxygen atoms in total. The molecular weight excluding hydrogens is 454 g/mol. The van der Waals surface area contributed by atoms with Crippen molar-refractivity contribution in [2.24, 2.45) is 0 Å². The minimum atomic E-state index is -0.347. The second kappa shape index (κ2) is 8.31. The van der Waals surface area contributed by atoms with E-state index >= 15 is 0 Å². The number of aryl methyl sites for hydroxylation is 1. The number of nitrogens with one attached hydrogen (secondary N) is 2. The maximum atomic E-state index is 12.8. The summed E-state index contributed by atoms with van der Waals surface area (Å²) < 4.78 is 12.2. The molecule has 0 spiro atoms. The highest BCUT2D eigenvalue weighted by Crippen LogP contribution is 2.33. The summed E-state index contributed by atoms with van der Waals surface area (Å²) in [4.78, 5) is 33.7. The molecule has 0 radical (unpaired) electrons. The maximum absolute atomic E-state index is 12.8. The van der Waals surface area contributed by atoms with Crippen molar-refractivity contribution in [2.75, 3.05) is 12.1 Å². The fourth-order valence-electron chi connectivity index (χ4n) is 4.06. The number of aromatic amines is 1. The second-order valence-electron chi connectivity index (χ2n) is 7.91. The molecule has 0 bridgehead atoms. The van der Waals surface area contributed by atoms with Crippen LogP contribution in [0.15, 0.2) is 52.6 Å². The zero-order valence-electron chi connectivity index (χ0n) is 17.9. The molecule has 2 N–H and O–H groups in total. The summed E-state index contributed by atoms with van der Waals surface area (Å²) in [5, 5.41) is 9.44. The van der Waals surface area contributed by atoms with E-state index < -0.39 is 0 Å². The monoisotopic (exact) mass is 473 g/mol. The van der Waals surface area contributed by atoms with Gasteiger partial charge >= 0.3 is 0 Å². The highest BCUT2D eigenvalue weighted by molar-refractivity contribution is 7.13. The predicted molar refractivity (Wildman–Crippen MR) is 128 cm³/mol. The molecule has 0 saturated heterocycles. The van der Waals surface area contributed by atoms with Gasteiger partial charge in [0.2, 0.25) is 18.6 Å². The van der Waals surface area contributed by atoms with Gasteiger partial charge in [0.25, 0.3) is 5.56 Å². The van der Waals surface area contributed by atoms with Crippen LogP contribution < -0.4 is 20.3 Å². The molecule has 3 aromatic heterocycles. The second-order valence-corrected chi connectivity index (χ2v) is 8.86. The van der Waals surface area contributed by atoms with Crippen LogP contribution in [0, 0.1) is 0 Å². The minimum Gasteiger partial charge on any atom is -0.454 e. The molecular formula is C24H19N5O4S. The first kappa shape index (κ1) is 20.4. The van der Waals surface area contributed by atoms with Crippen LogP contribution in [0.4, 0.5) is 5.82 Å². The first-order chi connectivity index (χ1) is 16.6. The molecule has 0 fully saturated rings. The Labute approximate surface area is 197 Å². The lowest BCUT2D eigenvalue weighted by atomic mass is 10.2. The number of thiophene rings is 1. The predicted octanol–water partition coefficient (Wildman–Crippen LogP) is 3.55. The van der Waals surface area contributed by atoms with Crippen molar-refractivity contribution in [3.63, 3.8) is 0 Å². The number of hydrogen-bond donors (Lipinski definition) is 2. The van der Waals surface area contributed by atoms with Crippen LogP contribution in [0.25, 0.3) is 22.6 Å². The van der Waals surface area contributed by atoms with Crippen molar-refractivity contribution in [1.82, 2.24) is 19.7 Å². The van der Waals surface area contributed by atoms with Gasteiger partial charge in [-0.15, -0.1) is 11.3 Å². The molecule has 6 rings (SSSR count). The van der Waals surface area contributed by atoms with E-state index in [1.807, 2.05) is 29.6 Å². The molecule has 4 aromatic rings. The molecule has 0 unspecified atom stereocenters. The van der Waals surface area contributed by atoms with Gasteiger partial charge in [-0.05, 0) is 54.5 Å².